The molecule has 0 radical (unpaired) electrons. The third-order valence-corrected chi connectivity index (χ3v) is 4.52. The van der Waals surface area contributed by atoms with Gasteiger partial charge in [-0.3, -0.25) is 4.98 Å². The molecule has 0 bridgehead atoms. The zero-order valence-corrected chi connectivity index (χ0v) is 12.2. The topological polar surface area (TPSA) is 93.8 Å². The van der Waals surface area contributed by atoms with Crippen LogP contribution in [0.15, 0.2) is 23.5 Å². The molecule has 1 aliphatic carbocycles. The molecule has 0 aliphatic heterocycles. The molecule has 2 heterocycles. The highest BCUT2D eigenvalue weighted by molar-refractivity contribution is 7.98. The third kappa shape index (κ3) is 3.21. The second-order valence-electron chi connectivity index (χ2n) is 4.98. The highest BCUT2D eigenvalue weighted by Crippen LogP contribution is 2.32. The van der Waals surface area contributed by atoms with E-state index in [4.69, 9.17) is 5.11 Å². The van der Waals surface area contributed by atoms with Gasteiger partial charge in [0.25, 0.3) is 0 Å². The highest BCUT2D eigenvalue weighted by Gasteiger charge is 2.21. The standard InChI is InChI=1S/C13H15N5O2S/c19-12(20)9-5-6-10(14-7-9)8-21-13-15-16-17-18(13)11-3-1-2-4-11/h5-7,11H,1-4,8H2,(H,19,20). The average molecular weight is 305 g/mol. The van der Waals surface area contributed by atoms with Crippen molar-refractivity contribution < 1.29 is 9.90 Å². The first-order valence-electron chi connectivity index (χ1n) is 6.83. The van der Waals surface area contributed by atoms with Gasteiger partial charge in [-0.1, -0.05) is 24.6 Å². The van der Waals surface area contributed by atoms with Gasteiger partial charge in [0, 0.05) is 11.9 Å². The first-order chi connectivity index (χ1) is 10.2. The van der Waals surface area contributed by atoms with Crippen molar-refractivity contribution in [1.82, 2.24) is 25.2 Å². The van der Waals surface area contributed by atoms with Crippen molar-refractivity contribution >= 4 is 17.7 Å². The summed E-state index contributed by atoms with van der Waals surface area (Å²) in [4.78, 5) is 14.9. The van der Waals surface area contributed by atoms with Crippen LogP contribution in [-0.2, 0) is 5.75 Å². The fourth-order valence-electron chi connectivity index (χ4n) is 2.43. The molecule has 1 saturated carbocycles. The Morgan fingerprint density at radius 1 is 1.38 bits per heavy atom. The van der Waals surface area contributed by atoms with Crippen LogP contribution in [0, 0.1) is 0 Å². The number of aromatic nitrogens is 5. The number of aromatic carboxylic acids is 1. The Labute approximate surface area is 125 Å². The lowest BCUT2D eigenvalue weighted by Gasteiger charge is -2.10. The molecule has 2 aromatic heterocycles. The van der Waals surface area contributed by atoms with Crippen LogP contribution in [0.2, 0.25) is 0 Å². The van der Waals surface area contributed by atoms with Gasteiger partial charge in [0.1, 0.15) is 0 Å². The van der Waals surface area contributed by atoms with Crippen molar-refractivity contribution in [2.75, 3.05) is 0 Å². The largest absolute Gasteiger partial charge is 0.478 e. The molecule has 1 fully saturated rings. The zero-order chi connectivity index (χ0) is 14.7. The minimum Gasteiger partial charge on any atom is -0.478 e. The summed E-state index contributed by atoms with van der Waals surface area (Å²) in [6, 6.07) is 3.69. The van der Waals surface area contributed by atoms with Gasteiger partial charge in [0.05, 0.1) is 17.3 Å². The van der Waals surface area contributed by atoms with Gasteiger partial charge in [0.15, 0.2) is 0 Å². The number of carbonyl (C=O) groups is 1. The fourth-order valence-corrected chi connectivity index (χ4v) is 3.29. The van der Waals surface area contributed by atoms with E-state index in [0.29, 0.717) is 11.8 Å². The lowest BCUT2D eigenvalue weighted by Crippen LogP contribution is -2.08. The van der Waals surface area contributed by atoms with E-state index in [0.717, 1.165) is 23.7 Å². The maximum absolute atomic E-state index is 10.8. The van der Waals surface area contributed by atoms with Crippen molar-refractivity contribution in [3.8, 4) is 0 Å². The monoisotopic (exact) mass is 305 g/mol. The number of hydrogen-bond donors (Lipinski definition) is 1. The summed E-state index contributed by atoms with van der Waals surface area (Å²) in [7, 11) is 0. The lowest BCUT2D eigenvalue weighted by molar-refractivity contribution is 0.0696. The highest BCUT2D eigenvalue weighted by atomic mass is 32.2. The fraction of sp³-hybridized carbons (Fsp3) is 0.462. The van der Waals surface area contributed by atoms with Crippen LogP contribution in [0.1, 0.15) is 47.8 Å². The summed E-state index contributed by atoms with van der Waals surface area (Å²) < 4.78 is 1.91. The Bertz CT molecular complexity index is 622. The number of nitrogens with zero attached hydrogens (tertiary/aromatic N) is 5. The van der Waals surface area contributed by atoms with Crippen LogP contribution in [0.3, 0.4) is 0 Å². The van der Waals surface area contributed by atoms with Crippen LogP contribution in [0.4, 0.5) is 0 Å². The van der Waals surface area contributed by atoms with Gasteiger partial charge in [-0.15, -0.1) is 5.10 Å². The predicted octanol–water partition coefficient (Wildman–Crippen LogP) is 2.17. The molecule has 7 nitrogen and oxygen atoms in total. The minimum absolute atomic E-state index is 0.194. The van der Waals surface area contributed by atoms with E-state index in [-0.39, 0.29) is 5.56 Å². The Morgan fingerprint density at radius 3 is 2.86 bits per heavy atom. The van der Waals surface area contributed by atoms with Gasteiger partial charge in [-0.25, -0.2) is 9.48 Å². The number of carboxylic acid groups (broad SMARTS) is 1. The molecule has 110 valence electrons. The summed E-state index contributed by atoms with van der Waals surface area (Å²) in [6.45, 7) is 0. The Hall–Kier alpha value is -1.96. The molecular weight excluding hydrogens is 290 g/mol. The maximum atomic E-state index is 10.8. The maximum Gasteiger partial charge on any atom is 0.337 e. The number of thioether (sulfide) groups is 1. The van der Waals surface area contributed by atoms with Crippen LogP contribution < -0.4 is 0 Å². The summed E-state index contributed by atoms with van der Waals surface area (Å²) in [5.74, 6) is -0.348. The Kier molecular flexibility index (Phi) is 4.14. The predicted molar refractivity (Wildman–Crippen MR) is 76.1 cm³/mol. The van der Waals surface area contributed by atoms with Crippen molar-refractivity contribution in [2.45, 2.75) is 42.6 Å². The molecule has 1 N–H and O–H groups in total. The molecular formula is C13H15N5O2S. The van der Waals surface area contributed by atoms with E-state index < -0.39 is 5.97 Å². The van der Waals surface area contributed by atoms with E-state index in [1.54, 1.807) is 12.1 Å². The van der Waals surface area contributed by atoms with Crippen molar-refractivity contribution in [3.63, 3.8) is 0 Å². The smallest absolute Gasteiger partial charge is 0.337 e. The lowest BCUT2D eigenvalue weighted by atomic mass is 10.2. The molecule has 8 heteroatoms. The molecule has 0 saturated heterocycles. The van der Waals surface area contributed by atoms with Crippen LogP contribution in [0.5, 0.6) is 0 Å². The summed E-state index contributed by atoms with van der Waals surface area (Å²) in [6.07, 6.45) is 6.09. The number of rotatable bonds is 5. The van der Waals surface area contributed by atoms with E-state index >= 15 is 0 Å². The molecule has 0 atom stereocenters. The molecule has 0 amide bonds. The normalized spacial score (nSPS) is 15.4. The van der Waals surface area contributed by atoms with Gasteiger partial charge in [0.2, 0.25) is 5.16 Å². The van der Waals surface area contributed by atoms with Gasteiger partial charge in [-0.2, -0.15) is 0 Å². The Morgan fingerprint density at radius 2 is 2.19 bits per heavy atom. The molecule has 0 unspecified atom stereocenters. The van der Waals surface area contributed by atoms with E-state index in [1.807, 2.05) is 4.68 Å². The van der Waals surface area contributed by atoms with E-state index in [1.165, 1.54) is 30.8 Å². The quantitative estimate of drug-likeness (QED) is 0.846. The van der Waals surface area contributed by atoms with Crippen LogP contribution in [0.25, 0.3) is 0 Å². The number of hydrogen-bond acceptors (Lipinski definition) is 6. The molecule has 2 aromatic rings. The zero-order valence-electron chi connectivity index (χ0n) is 11.3. The molecule has 3 rings (SSSR count). The number of pyridine rings is 1. The molecule has 21 heavy (non-hydrogen) atoms. The number of tetrazole rings is 1. The van der Waals surface area contributed by atoms with Gasteiger partial charge < -0.3 is 5.11 Å². The molecule has 0 aromatic carbocycles. The molecule has 0 spiro atoms. The van der Waals surface area contributed by atoms with Crippen LogP contribution >= 0.6 is 11.8 Å². The SMILES string of the molecule is O=C(O)c1ccc(CSc2nnnn2C2CCCC2)nc1. The van der Waals surface area contributed by atoms with Gasteiger partial charge >= 0.3 is 5.97 Å². The van der Waals surface area contributed by atoms with Crippen molar-refractivity contribution in [2.24, 2.45) is 0 Å². The Balaban J connectivity index is 1.65. The first kappa shape index (κ1) is 14.0. The van der Waals surface area contributed by atoms with Crippen molar-refractivity contribution in [3.05, 3.63) is 29.6 Å². The summed E-state index contributed by atoms with van der Waals surface area (Å²) in [5, 5.41) is 21.5. The third-order valence-electron chi connectivity index (χ3n) is 3.55. The first-order valence-corrected chi connectivity index (χ1v) is 7.81. The number of carboxylic acids is 1. The molecule has 1 aliphatic rings. The van der Waals surface area contributed by atoms with E-state index in [2.05, 4.69) is 20.5 Å². The van der Waals surface area contributed by atoms with Gasteiger partial charge in [-0.05, 0) is 35.4 Å². The average Bonchev–Trinajstić information content (AvgIpc) is 3.16. The van der Waals surface area contributed by atoms with E-state index in [9.17, 15) is 4.79 Å². The second kappa shape index (κ2) is 6.21. The van der Waals surface area contributed by atoms with Crippen LogP contribution in [-0.4, -0.2) is 36.3 Å². The summed E-state index contributed by atoms with van der Waals surface area (Å²) >= 11 is 1.52. The minimum atomic E-state index is -0.966. The van der Waals surface area contributed by atoms with Crippen molar-refractivity contribution in [1.29, 1.82) is 0 Å². The summed E-state index contributed by atoms with van der Waals surface area (Å²) in [5.41, 5.74) is 1.01. The second-order valence-corrected chi connectivity index (χ2v) is 5.92.